The predicted octanol–water partition coefficient (Wildman–Crippen LogP) is 2.48. The molecule has 1 amide bonds. The van der Waals surface area contributed by atoms with Gasteiger partial charge in [-0.15, -0.1) is 12.4 Å². The lowest BCUT2D eigenvalue weighted by Gasteiger charge is -2.28. The average molecular weight is 263 g/mol. The normalized spacial score (nSPS) is 24.9. The fourth-order valence-corrected chi connectivity index (χ4v) is 2.15. The number of amides is 1. The van der Waals surface area contributed by atoms with Crippen LogP contribution in [0.5, 0.6) is 0 Å². The van der Waals surface area contributed by atoms with Crippen LogP contribution in [0.25, 0.3) is 0 Å². The van der Waals surface area contributed by atoms with Crippen molar-refractivity contribution < 1.29 is 4.79 Å². The Morgan fingerprint density at radius 1 is 1.41 bits per heavy atom. The second-order valence-corrected chi connectivity index (χ2v) is 5.74. The van der Waals surface area contributed by atoms with Gasteiger partial charge < -0.3 is 11.1 Å². The summed E-state index contributed by atoms with van der Waals surface area (Å²) in [5.74, 6) is 0.759. The molecule has 0 spiro atoms. The van der Waals surface area contributed by atoms with Crippen molar-refractivity contribution in [3.8, 4) is 0 Å². The molecular weight excluding hydrogens is 236 g/mol. The number of hydrogen-bond donors (Lipinski definition) is 2. The van der Waals surface area contributed by atoms with Gasteiger partial charge in [-0.05, 0) is 31.6 Å². The first kappa shape index (κ1) is 16.7. The van der Waals surface area contributed by atoms with Crippen LogP contribution in [0.4, 0.5) is 0 Å². The highest BCUT2D eigenvalue weighted by Crippen LogP contribution is 2.23. The van der Waals surface area contributed by atoms with E-state index in [4.69, 9.17) is 5.73 Å². The van der Waals surface area contributed by atoms with E-state index in [0.29, 0.717) is 12.0 Å². The standard InChI is InChI=1S/C13H26N2O.ClH/c1-4-13(2,3)12(16)15-9-10-6-5-7-11(14)8-10;/h10-11H,4-9,14H2,1-3H3,(H,15,16);1H. The first-order valence-electron chi connectivity index (χ1n) is 6.49. The van der Waals surface area contributed by atoms with Gasteiger partial charge in [0.25, 0.3) is 0 Å². The van der Waals surface area contributed by atoms with Crippen molar-refractivity contribution in [3.63, 3.8) is 0 Å². The van der Waals surface area contributed by atoms with Crippen LogP contribution in [0.15, 0.2) is 0 Å². The summed E-state index contributed by atoms with van der Waals surface area (Å²) < 4.78 is 0. The summed E-state index contributed by atoms with van der Waals surface area (Å²) in [7, 11) is 0. The van der Waals surface area contributed by atoms with E-state index in [1.165, 1.54) is 12.8 Å². The molecule has 0 aromatic rings. The van der Waals surface area contributed by atoms with Crippen LogP contribution in [0.1, 0.15) is 52.9 Å². The molecular formula is C13H27ClN2O. The number of halogens is 1. The van der Waals surface area contributed by atoms with Crippen LogP contribution >= 0.6 is 12.4 Å². The molecule has 0 heterocycles. The summed E-state index contributed by atoms with van der Waals surface area (Å²) in [4.78, 5) is 11.9. The molecule has 0 radical (unpaired) electrons. The van der Waals surface area contributed by atoms with E-state index in [9.17, 15) is 4.79 Å². The number of carbonyl (C=O) groups excluding carboxylic acids is 1. The molecule has 0 saturated heterocycles. The van der Waals surface area contributed by atoms with Gasteiger partial charge in [-0.3, -0.25) is 4.79 Å². The number of hydrogen-bond acceptors (Lipinski definition) is 2. The van der Waals surface area contributed by atoms with Gasteiger partial charge in [0.05, 0.1) is 0 Å². The Hall–Kier alpha value is -0.280. The summed E-state index contributed by atoms with van der Waals surface area (Å²) in [6, 6.07) is 0.342. The molecule has 0 aromatic carbocycles. The highest BCUT2D eigenvalue weighted by atomic mass is 35.5. The van der Waals surface area contributed by atoms with Crippen LogP contribution in [0.3, 0.4) is 0 Å². The first-order chi connectivity index (χ1) is 7.45. The molecule has 1 saturated carbocycles. The zero-order valence-corrected chi connectivity index (χ0v) is 12.1. The lowest BCUT2D eigenvalue weighted by molar-refractivity contribution is -0.129. The Labute approximate surface area is 111 Å². The topological polar surface area (TPSA) is 55.1 Å². The number of carbonyl (C=O) groups is 1. The molecule has 3 nitrogen and oxygen atoms in total. The van der Waals surface area contributed by atoms with Crippen molar-refractivity contribution in [2.75, 3.05) is 6.54 Å². The third-order valence-corrected chi connectivity index (χ3v) is 3.87. The number of nitrogens with two attached hydrogens (primary N) is 1. The van der Waals surface area contributed by atoms with Crippen molar-refractivity contribution in [2.24, 2.45) is 17.1 Å². The zero-order valence-electron chi connectivity index (χ0n) is 11.3. The van der Waals surface area contributed by atoms with Crippen LogP contribution in [-0.2, 0) is 4.79 Å². The Bertz CT molecular complexity index is 244. The van der Waals surface area contributed by atoms with Gasteiger partial charge in [-0.2, -0.15) is 0 Å². The molecule has 17 heavy (non-hydrogen) atoms. The van der Waals surface area contributed by atoms with Crippen LogP contribution in [0, 0.1) is 11.3 Å². The van der Waals surface area contributed by atoms with Gasteiger partial charge in [0.15, 0.2) is 0 Å². The van der Waals surface area contributed by atoms with Gasteiger partial charge in [-0.1, -0.05) is 27.2 Å². The quantitative estimate of drug-likeness (QED) is 0.818. The van der Waals surface area contributed by atoms with E-state index in [1.807, 2.05) is 13.8 Å². The molecule has 2 unspecified atom stereocenters. The highest BCUT2D eigenvalue weighted by Gasteiger charge is 2.26. The Balaban J connectivity index is 0.00000256. The van der Waals surface area contributed by atoms with E-state index in [1.54, 1.807) is 0 Å². The van der Waals surface area contributed by atoms with E-state index < -0.39 is 0 Å². The predicted molar refractivity (Wildman–Crippen MR) is 74.3 cm³/mol. The Morgan fingerprint density at radius 2 is 2.06 bits per heavy atom. The Kier molecular flexibility index (Phi) is 7.10. The molecule has 4 heteroatoms. The summed E-state index contributed by atoms with van der Waals surface area (Å²) >= 11 is 0. The van der Waals surface area contributed by atoms with Crippen molar-refractivity contribution in [2.45, 2.75) is 58.9 Å². The molecule has 0 aliphatic heterocycles. The maximum Gasteiger partial charge on any atom is 0.225 e. The largest absolute Gasteiger partial charge is 0.355 e. The van der Waals surface area contributed by atoms with Crippen molar-refractivity contribution in [1.82, 2.24) is 5.32 Å². The molecule has 1 aliphatic carbocycles. The molecule has 1 fully saturated rings. The molecule has 2 atom stereocenters. The fraction of sp³-hybridized carbons (Fsp3) is 0.923. The fourth-order valence-electron chi connectivity index (χ4n) is 2.15. The van der Waals surface area contributed by atoms with Crippen LogP contribution in [0.2, 0.25) is 0 Å². The van der Waals surface area contributed by atoms with E-state index in [-0.39, 0.29) is 23.7 Å². The second kappa shape index (κ2) is 7.22. The molecule has 1 aliphatic rings. The molecule has 3 N–H and O–H groups in total. The van der Waals surface area contributed by atoms with Crippen molar-refractivity contribution in [1.29, 1.82) is 0 Å². The highest BCUT2D eigenvalue weighted by molar-refractivity contribution is 5.85. The molecule has 1 rings (SSSR count). The van der Waals surface area contributed by atoms with Crippen molar-refractivity contribution in [3.05, 3.63) is 0 Å². The van der Waals surface area contributed by atoms with E-state index >= 15 is 0 Å². The van der Waals surface area contributed by atoms with E-state index in [0.717, 1.165) is 25.8 Å². The minimum absolute atomic E-state index is 0. The van der Waals surface area contributed by atoms with Gasteiger partial charge in [-0.25, -0.2) is 0 Å². The minimum Gasteiger partial charge on any atom is -0.355 e. The zero-order chi connectivity index (χ0) is 12.2. The summed E-state index contributed by atoms with van der Waals surface area (Å²) in [5, 5.41) is 3.07. The van der Waals surface area contributed by atoms with Gasteiger partial charge in [0.1, 0.15) is 0 Å². The van der Waals surface area contributed by atoms with Crippen LogP contribution in [-0.4, -0.2) is 18.5 Å². The maximum atomic E-state index is 11.9. The first-order valence-corrected chi connectivity index (χ1v) is 6.49. The average Bonchev–Trinajstić information content (AvgIpc) is 2.26. The van der Waals surface area contributed by atoms with Gasteiger partial charge >= 0.3 is 0 Å². The smallest absolute Gasteiger partial charge is 0.225 e. The molecule has 102 valence electrons. The lowest BCUT2D eigenvalue weighted by atomic mass is 9.85. The summed E-state index contributed by atoms with van der Waals surface area (Å²) in [6.07, 6.45) is 5.50. The lowest BCUT2D eigenvalue weighted by Crippen LogP contribution is -2.41. The summed E-state index contributed by atoms with van der Waals surface area (Å²) in [5.41, 5.74) is 5.69. The number of rotatable bonds is 4. The van der Waals surface area contributed by atoms with Gasteiger partial charge in [0.2, 0.25) is 5.91 Å². The second-order valence-electron chi connectivity index (χ2n) is 5.74. The maximum absolute atomic E-state index is 11.9. The monoisotopic (exact) mass is 262 g/mol. The molecule has 0 aromatic heterocycles. The van der Waals surface area contributed by atoms with Crippen molar-refractivity contribution >= 4 is 18.3 Å². The Morgan fingerprint density at radius 3 is 2.59 bits per heavy atom. The third-order valence-electron chi connectivity index (χ3n) is 3.87. The van der Waals surface area contributed by atoms with Gasteiger partial charge in [0, 0.05) is 18.0 Å². The molecule has 0 bridgehead atoms. The SMILES string of the molecule is CCC(C)(C)C(=O)NCC1CCCC(N)C1.Cl. The van der Waals surface area contributed by atoms with Crippen LogP contribution < -0.4 is 11.1 Å². The minimum atomic E-state index is -0.239. The number of nitrogens with one attached hydrogen (secondary N) is 1. The summed E-state index contributed by atoms with van der Waals surface area (Å²) in [6.45, 7) is 6.84. The third kappa shape index (κ3) is 5.26. The van der Waals surface area contributed by atoms with E-state index in [2.05, 4.69) is 12.2 Å².